The number of likely N-dealkylation sites (tertiary alicyclic amines) is 1. The first-order valence-electron chi connectivity index (χ1n) is 8.66. The Morgan fingerprint density at radius 2 is 1.88 bits per heavy atom. The predicted octanol–water partition coefficient (Wildman–Crippen LogP) is 3.10. The van der Waals surface area contributed by atoms with E-state index in [1.807, 2.05) is 48.5 Å². The van der Waals surface area contributed by atoms with Crippen LogP contribution in [-0.2, 0) is 4.79 Å². The molecular formula is C20H23N3O3. The molecule has 0 aliphatic carbocycles. The molecule has 2 aromatic rings. The second-order valence-electron chi connectivity index (χ2n) is 6.21. The van der Waals surface area contributed by atoms with Gasteiger partial charge in [-0.05, 0) is 48.2 Å². The molecule has 6 heteroatoms. The van der Waals surface area contributed by atoms with Crippen molar-refractivity contribution in [2.45, 2.75) is 18.9 Å². The second kappa shape index (κ2) is 7.91. The van der Waals surface area contributed by atoms with Crippen molar-refractivity contribution in [3.8, 4) is 16.9 Å². The molecule has 1 heterocycles. The average Bonchev–Trinajstić information content (AvgIpc) is 3.18. The van der Waals surface area contributed by atoms with Crippen molar-refractivity contribution in [3.63, 3.8) is 0 Å². The second-order valence-corrected chi connectivity index (χ2v) is 6.21. The number of methoxy groups -OCH3 is 1. The van der Waals surface area contributed by atoms with E-state index in [2.05, 4.69) is 10.6 Å². The van der Waals surface area contributed by atoms with Crippen LogP contribution in [0.5, 0.6) is 5.75 Å². The zero-order valence-corrected chi connectivity index (χ0v) is 15.0. The third-order valence-corrected chi connectivity index (χ3v) is 4.60. The summed E-state index contributed by atoms with van der Waals surface area (Å²) in [6, 6.07) is 14.8. The highest BCUT2D eigenvalue weighted by atomic mass is 16.5. The monoisotopic (exact) mass is 353 g/mol. The van der Waals surface area contributed by atoms with Gasteiger partial charge in [0.1, 0.15) is 11.8 Å². The number of benzene rings is 2. The first-order valence-corrected chi connectivity index (χ1v) is 8.66. The molecule has 1 saturated heterocycles. The van der Waals surface area contributed by atoms with Gasteiger partial charge in [0.2, 0.25) is 5.91 Å². The Morgan fingerprint density at radius 3 is 2.58 bits per heavy atom. The maximum atomic E-state index is 12.5. The van der Waals surface area contributed by atoms with Crippen LogP contribution in [0.4, 0.5) is 10.5 Å². The molecule has 136 valence electrons. The highest BCUT2D eigenvalue weighted by molar-refractivity contribution is 5.94. The van der Waals surface area contributed by atoms with Gasteiger partial charge in [-0.25, -0.2) is 4.79 Å². The first-order chi connectivity index (χ1) is 12.6. The van der Waals surface area contributed by atoms with Gasteiger partial charge in [-0.1, -0.05) is 24.3 Å². The highest BCUT2D eigenvalue weighted by Gasteiger charge is 2.33. The van der Waals surface area contributed by atoms with Crippen LogP contribution in [0.2, 0.25) is 0 Å². The number of likely N-dealkylation sites (N-methyl/N-ethyl adjacent to an activating group) is 1. The molecule has 6 nitrogen and oxygen atoms in total. The molecule has 3 rings (SSSR count). The molecule has 3 amide bonds. The Morgan fingerprint density at radius 1 is 1.12 bits per heavy atom. The predicted molar refractivity (Wildman–Crippen MR) is 101 cm³/mol. The standard InChI is InChI=1S/C20H23N3O3/c1-21-19(24)18-7-4-12-23(18)20(25)22-16-10-8-14(9-11-16)15-5-3-6-17(13-15)26-2/h3,5-6,8-11,13,18H,4,7,12H2,1-2H3,(H,21,24)(H,22,25). The SMILES string of the molecule is CNC(=O)C1CCCN1C(=O)Nc1ccc(-c2cccc(OC)c2)cc1. The first kappa shape index (κ1) is 17.8. The fraction of sp³-hybridized carbons (Fsp3) is 0.300. The molecule has 0 radical (unpaired) electrons. The minimum absolute atomic E-state index is 0.119. The summed E-state index contributed by atoms with van der Waals surface area (Å²) in [5.41, 5.74) is 2.77. The van der Waals surface area contributed by atoms with Crippen molar-refractivity contribution in [1.82, 2.24) is 10.2 Å². The summed E-state index contributed by atoms with van der Waals surface area (Å²) in [6.45, 7) is 0.589. The molecular weight excluding hydrogens is 330 g/mol. The average molecular weight is 353 g/mol. The van der Waals surface area contributed by atoms with Gasteiger partial charge in [0.05, 0.1) is 7.11 Å². The molecule has 0 bridgehead atoms. The van der Waals surface area contributed by atoms with Gasteiger partial charge in [-0.15, -0.1) is 0 Å². The summed E-state index contributed by atoms with van der Waals surface area (Å²) < 4.78 is 5.25. The van der Waals surface area contributed by atoms with Crippen molar-refractivity contribution < 1.29 is 14.3 Å². The van der Waals surface area contributed by atoms with Gasteiger partial charge in [0.25, 0.3) is 0 Å². The number of amides is 3. The van der Waals surface area contributed by atoms with E-state index in [4.69, 9.17) is 4.74 Å². The number of urea groups is 1. The lowest BCUT2D eigenvalue weighted by Crippen LogP contribution is -2.46. The molecule has 26 heavy (non-hydrogen) atoms. The van der Waals surface area contributed by atoms with Gasteiger partial charge in [-0.2, -0.15) is 0 Å². The topological polar surface area (TPSA) is 70.7 Å². The molecule has 0 saturated carbocycles. The van der Waals surface area contributed by atoms with Crippen LogP contribution in [0, 0.1) is 0 Å². The fourth-order valence-electron chi connectivity index (χ4n) is 3.19. The maximum Gasteiger partial charge on any atom is 0.322 e. The van der Waals surface area contributed by atoms with Crippen molar-refractivity contribution in [2.24, 2.45) is 0 Å². The Labute approximate surface area is 153 Å². The normalized spacial score (nSPS) is 16.2. The zero-order chi connectivity index (χ0) is 18.5. The minimum atomic E-state index is -0.393. The number of carbonyl (C=O) groups excluding carboxylic acids is 2. The van der Waals surface area contributed by atoms with Crippen molar-refractivity contribution in [3.05, 3.63) is 48.5 Å². The molecule has 1 fully saturated rings. The number of nitrogens with one attached hydrogen (secondary N) is 2. The summed E-state index contributed by atoms with van der Waals surface area (Å²) in [5, 5.41) is 5.50. The maximum absolute atomic E-state index is 12.5. The van der Waals surface area contributed by atoms with Gasteiger partial charge in [0, 0.05) is 19.3 Å². The molecule has 1 aliphatic heterocycles. The van der Waals surface area contributed by atoms with Gasteiger partial charge in [-0.3, -0.25) is 4.79 Å². The third kappa shape index (κ3) is 3.79. The van der Waals surface area contributed by atoms with Gasteiger partial charge in [0.15, 0.2) is 0 Å². The molecule has 1 aliphatic rings. The van der Waals surface area contributed by atoms with Crippen molar-refractivity contribution >= 4 is 17.6 Å². The highest BCUT2D eigenvalue weighted by Crippen LogP contribution is 2.25. The lowest BCUT2D eigenvalue weighted by Gasteiger charge is -2.23. The molecule has 0 spiro atoms. The van der Waals surface area contributed by atoms with Crippen LogP contribution in [0.25, 0.3) is 11.1 Å². The number of carbonyl (C=O) groups is 2. The Bertz CT molecular complexity index is 789. The fourth-order valence-corrected chi connectivity index (χ4v) is 3.19. The Hall–Kier alpha value is -3.02. The lowest BCUT2D eigenvalue weighted by molar-refractivity contribution is -0.124. The van der Waals surface area contributed by atoms with E-state index in [1.165, 1.54) is 0 Å². The number of hydrogen-bond acceptors (Lipinski definition) is 3. The lowest BCUT2D eigenvalue weighted by atomic mass is 10.1. The van der Waals surface area contributed by atoms with Crippen LogP contribution < -0.4 is 15.4 Å². The summed E-state index contributed by atoms with van der Waals surface area (Å²) in [6.07, 6.45) is 1.53. The van der Waals surface area contributed by atoms with E-state index < -0.39 is 6.04 Å². The number of anilines is 1. The molecule has 0 aromatic heterocycles. The molecule has 2 N–H and O–H groups in total. The number of nitrogens with zero attached hydrogens (tertiary/aromatic N) is 1. The minimum Gasteiger partial charge on any atom is -0.497 e. The summed E-state index contributed by atoms with van der Waals surface area (Å²) in [4.78, 5) is 26.0. The van der Waals surface area contributed by atoms with Crippen LogP contribution in [0.15, 0.2) is 48.5 Å². The van der Waals surface area contributed by atoms with Crippen LogP contribution in [-0.4, -0.2) is 43.6 Å². The van der Waals surface area contributed by atoms with E-state index in [0.717, 1.165) is 23.3 Å². The van der Waals surface area contributed by atoms with Crippen LogP contribution in [0.3, 0.4) is 0 Å². The van der Waals surface area contributed by atoms with Crippen LogP contribution in [0.1, 0.15) is 12.8 Å². The molecule has 1 atom stereocenters. The number of rotatable bonds is 4. The summed E-state index contributed by atoms with van der Waals surface area (Å²) in [5.74, 6) is 0.681. The number of hydrogen-bond donors (Lipinski definition) is 2. The zero-order valence-electron chi connectivity index (χ0n) is 15.0. The summed E-state index contributed by atoms with van der Waals surface area (Å²) in [7, 11) is 3.23. The summed E-state index contributed by atoms with van der Waals surface area (Å²) >= 11 is 0. The van der Waals surface area contributed by atoms with Crippen molar-refractivity contribution in [2.75, 3.05) is 26.0 Å². The van der Waals surface area contributed by atoms with E-state index >= 15 is 0 Å². The van der Waals surface area contributed by atoms with Crippen molar-refractivity contribution in [1.29, 1.82) is 0 Å². The molecule has 2 aromatic carbocycles. The largest absolute Gasteiger partial charge is 0.497 e. The quantitative estimate of drug-likeness (QED) is 0.887. The van der Waals surface area contributed by atoms with Gasteiger partial charge < -0.3 is 20.3 Å². The smallest absolute Gasteiger partial charge is 0.322 e. The van der Waals surface area contributed by atoms with E-state index in [-0.39, 0.29) is 11.9 Å². The van der Waals surface area contributed by atoms with E-state index in [9.17, 15) is 9.59 Å². The number of ether oxygens (including phenoxy) is 1. The van der Waals surface area contributed by atoms with Crippen LogP contribution >= 0.6 is 0 Å². The van der Waals surface area contributed by atoms with E-state index in [1.54, 1.807) is 19.1 Å². The third-order valence-electron chi connectivity index (χ3n) is 4.60. The Kier molecular flexibility index (Phi) is 5.41. The van der Waals surface area contributed by atoms with E-state index in [0.29, 0.717) is 18.7 Å². The Balaban J connectivity index is 1.69. The van der Waals surface area contributed by atoms with Gasteiger partial charge >= 0.3 is 6.03 Å². The molecule has 1 unspecified atom stereocenters.